The van der Waals surface area contributed by atoms with Gasteiger partial charge < -0.3 is 45.0 Å². The predicted octanol–water partition coefficient (Wildman–Crippen LogP) is 14.7. The first kappa shape index (κ1) is 85.6. The Labute approximate surface area is 493 Å². The summed E-state index contributed by atoms with van der Waals surface area (Å²) in [5.74, 6) is -2.27. The molecule has 0 aromatic rings. The molecule has 436 valence electrons. The molecule has 1 saturated heterocycles. The summed E-state index contributed by atoms with van der Waals surface area (Å²) in [6.45, 7) is 36.8. The van der Waals surface area contributed by atoms with Gasteiger partial charge in [0, 0.05) is 51.9 Å². The van der Waals surface area contributed by atoms with Crippen molar-refractivity contribution in [3.8, 4) is 0 Å². The molecular weight excluding hydrogens is 1340 g/mol. The number of carbonyl (C=O) groups is 5. The van der Waals surface area contributed by atoms with Crippen LogP contribution >= 0.6 is 0 Å². The van der Waals surface area contributed by atoms with Crippen molar-refractivity contribution in [2.24, 2.45) is 5.92 Å². The van der Waals surface area contributed by atoms with Crippen molar-refractivity contribution in [2.45, 2.75) is 261 Å². The van der Waals surface area contributed by atoms with Gasteiger partial charge in [-0.25, -0.2) is 13.5 Å². The third-order valence-corrected chi connectivity index (χ3v) is 10.8. The average molecular weight is 1450 g/mol. The van der Waals surface area contributed by atoms with Gasteiger partial charge in [-0.15, -0.1) is 0 Å². The fourth-order valence-electron chi connectivity index (χ4n) is 6.82. The third-order valence-electron chi connectivity index (χ3n) is 10.8. The molecule has 2 unspecified atom stereocenters. The number of amides is 1. The predicted molar refractivity (Wildman–Crippen MR) is 295 cm³/mol. The molecule has 1 aliphatic rings. The topological polar surface area (TPSA) is 161 Å². The van der Waals surface area contributed by atoms with Gasteiger partial charge in [0.15, 0.2) is 11.9 Å². The van der Waals surface area contributed by atoms with Gasteiger partial charge in [-0.1, -0.05) is 196 Å². The van der Waals surface area contributed by atoms with E-state index >= 15 is 0 Å². The molecule has 74 heavy (non-hydrogen) atoms. The molecule has 0 radical (unpaired) electrons. The zero-order valence-corrected chi connectivity index (χ0v) is 55.9. The van der Waals surface area contributed by atoms with Gasteiger partial charge in [-0.2, -0.15) is 12.8 Å². The molecule has 1 amide bonds. The summed E-state index contributed by atoms with van der Waals surface area (Å²) in [7, 11) is 0. The number of likely N-dealkylation sites (tertiary alicyclic amines) is 1. The van der Waals surface area contributed by atoms with Crippen LogP contribution in [-0.2, 0) is 78.3 Å². The molecule has 0 bridgehead atoms. The van der Waals surface area contributed by atoms with E-state index in [9.17, 15) is 28.8 Å². The molecule has 0 saturated carbocycles. The molecule has 0 N–H and O–H groups in total. The molecule has 1 fully saturated rings. The van der Waals surface area contributed by atoms with Crippen molar-refractivity contribution in [3.63, 3.8) is 0 Å². The summed E-state index contributed by atoms with van der Waals surface area (Å²) < 4.78 is 30.8. The Morgan fingerprint density at radius 1 is 0.514 bits per heavy atom. The standard InChI is InChI=1S/C31H51NO9.C11H21O.C10H19O2.C3H7.2C2H6.U.W/c1-4-6-8-10-12-14-16-29(35)39-20-26(21-40-30(36)17-15-13-11-9-7-5-2)18-31(37)41-23-28-19-27(32(28)24-33)22-38-25(3)34;1-4-5-6-7-8-9-10-12-11(2)3;1-3-4-5-6-7-8-9-12-10(2)11;1-3-2;2*1-2;;/h26-28H,3-23H2,1-2H3;2-10H2,1H3;2-9H2,1H3;1,3H2,2H3;2*1-2H3;;/q-2;3*-1;;;+2;. The zero-order valence-electron chi connectivity index (χ0n) is 48.8. The Kier molecular flexibility index (Phi) is 81.8. The molecular formula is C59H110NO12UW-3. The first-order valence-electron chi connectivity index (χ1n) is 28.3. The average Bonchev–Trinajstić information content (AvgIpc) is 3.35. The molecule has 0 aromatic heterocycles. The van der Waals surface area contributed by atoms with Crippen molar-refractivity contribution in [1.82, 2.24) is 4.90 Å². The van der Waals surface area contributed by atoms with Gasteiger partial charge >= 0.3 is 49.0 Å². The summed E-state index contributed by atoms with van der Waals surface area (Å²) in [4.78, 5) is 70.8. The van der Waals surface area contributed by atoms with E-state index in [1.165, 1.54) is 88.4 Å². The Bertz CT molecular complexity index is 1180. The molecule has 2 atom stereocenters. The number of allylic oxidation sites excluding steroid dienone is 1. The van der Waals surface area contributed by atoms with Crippen LogP contribution in [0.1, 0.15) is 249 Å². The molecule has 15 heteroatoms. The van der Waals surface area contributed by atoms with Gasteiger partial charge in [0.25, 0.3) is 0 Å². The molecule has 13 nitrogen and oxygen atoms in total. The maximum absolute atomic E-state index is 12.6. The minimum atomic E-state index is -0.683. The number of unbranched alkanes of at least 4 members (excludes halogenated alkanes) is 20. The fraction of sp³-hybridized carbons (Fsp3) is 0.797. The van der Waals surface area contributed by atoms with E-state index in [0.717, 1.165) is 83.7 Å². The van der Waals surface area contributed by atoms with E-state index < -0.39 is 23.8 Å². The number of hydrogen-bond acceptors (Lipinski definition) is 12. The van der Waals surface area contributed by atoms with Crippen LogP contribution in [0.5, 0.6) is 0 Å². The minimum absolute atomic E-state index is 0. The second-order valence-electron chi connectivity index (χ2n) is 17.5. The number of ether oxygens (including phenoxy) is 6. The van der Waals surface area contributed by atoms with Crippen molar-refractivity contribution >= 4 is 36.3 Å². The van der Waals surface area contributed by atoms with Crippen molar-refractivity contribution in [1.29, 1.82) is 0 Å². The zero-order chi connectivity index (χ0) is 55.5. The van der Waals surface area contributed by atoms with Crippen LogP contribution in [0, 0.1) is 64.7 Å². The number of esters is 5. The van der Waals surface area contributed by atoms with Crippen LogP contribution in [0.25, 0.3) is 0 Å². The van der Waals surface area contributed by atoms with E-state index in [2.05, 4.69) is 62.0 Å². The number of rotatable bonds is 40. The second kappa shape index (κ2) is 70.7. The quantitative estimate of drug-likeness (QED) is 0.0188. The minimum Gasteiger partial charge on any atom is -0.532 e. The fourth-order valence-corrected chi connectivity index (χ4v) is 6.82. The first-order valence-corrected chi connectivity index (χ1v) is 28.3. The number of carbonyl (C=O) groups excluding carboxylic acids is 6. The summed E-state index contributed by atoms with van der Waals surface area (Å²) >= 11 is 0. The van der Waals surface area contributed by atoms with Gasteiger partial charge in [0.05, 0.1) is 32.8 Å². The SMILES string of the molecule is C=C([CH2-])OCCCCCCCC.CC.CC.[CH2-]C(=O)OCC1CC(COC(=O)CC(COC(=O)CCCCCCCC)COC(=O)CCCCCCCC)N1[C-]=O.[CH2-]C(=O)OCCCCCCCC.[CH2-]CC.[U+2].[W]. The largest absolute Gasteiger partial charge is 2.00 e. The Morgan fingerprint density at radius 3 is 1.18 bits per heavy atom. The van der Waals surface area contributed by atoms with Gasteiger partial charge in [-0.3, -0.25) is 37.8 Å². The summed E-state index contributed by atoms with van der Waals surface area (Å²) in [5.41, 5.74) is 0. The molecule has 0 spiro atoms. The maximum Gasteiger partial charge on any atom is 2.00 e. The van der Waals surface area contributed by atoms with E-state index in [1.54, 1.807) is 6.41 Å². The van der Waals surface area contributed by atoms with Crippen molar-refractivity contribution in [2.75, 3.05) is 39.6 Å². The van der Waals surface area contributed by atoms with E-state index in [1.807, 2.05) is 34.6 Å². The van der Waals surface area contributed by atoms with Gasteiger partial charge in [0.1, 0.15) is 13.2 Å². The van der Waals surface area contributed by atoms with E-state index in [0.29, 0.717) is 31.6 Å². The van der Waals surface area contributed by atoms with Crippen LogP contribution in [0.4, 0.5) is 0 Å². The van der Waals surface area contributed by atoms with Gasteiger partial charge in [-0.05, 0) is 32.1 Å². The van der Waals surface area contributed by atoms with Crippen LogP contribution in [0.2, 0.25) is 0 Å². The Morgan fingerprint density at radius 2 is 0.838 bits per heavy atom. The maximum atomic E-state index is 12.6. The second-order valence-corrected chi connectivity index (χ2v) is 17.5. The summed E-state index contributed by atoms with van der Waals surface area (Å²) in [6.07, 6.45) is 31.5. The van der Waals surface area contributed by atoms with Crippen LogP contribution in [0.3, 0.4) is 0 Å². The monoisotopic (exact) mass is 1450 g/mol. The molecule has 0 aliphatic carbocycles. The molecule has 1 aliphatic heterocycles. The van der Waals surface area contributed by atoms with Crippen LogP contribution < -0.4 is 0 Å². The van der Waals surface area contributed by atoms with E-state index in [4.69, 9.17) is 28.4 Å². The molecule has 1 rings (SSSR count). The Hall–Kier alpha value is -2.29. The summed E-state index contributed by atoms with van der Waals surface area (Å²) in [6, 6.07) is -0.694. The van der Waals surface area contributed by atoms with Crippen molar-refractivity contribution in [3.05, 3.63) is 40.0 Å². The smallest absolute Gasteiger partial charge is 0.532 e. The number of nitrogens with zero attached hydrogens (tertiary/aromatic N) is 1. The van der Waals surface area contributed by atoms with E-state index in [-0.39, 0.29) is 109 Å². The Balaban J connectivity index is -0.000000222. The number of hydrogen-bond donors (Lipinski definition) is 0. The molecule has 1 heterocycles. The first-order chi connectivity index (χ1) is 34.8. The summed E-state index contributed by atoms with van der Waals surface area (Å²) in [5, 5.41) is 0. The van der Waals surface area contributed by atoms with Crippen LogP contribution in [-0.4, -0.2) is 92.9 Å². The van der Waals surface area contributed by atoms with Crippen molar-refractivity contribution < 1.29 is 109 Å². The third kappa shape index (κ3) is 67.7. The van der Waals surface area contributed by atoms with Crippen LogP contribution in [0.15, 0.2) is 12.3 Å². The normalized spacial score (nSPS) is 12.5. The van der Waals surface area contributed by atoms with Gasteiger partial charge in [0.2, 0.25) is 0 Å². The molecule has 0 aromatic carbocycles.